The molecule has 0 N–H and O–H groups in total. The van der Waals surface area contributed by atoms with Crippen molar-refractivity contribution >= 4 is 118 Å². The normalized spacial score (nSPS) is 7.74. The summed E-state index contributed by atoms with van der Waals surface area (Å²) in [5, 5.41) is 0. The molecule has 35 heavy (non-hydrogen) atoms. The Morgan fingerprint density at radius 1 is 0.543 bits per heavy atom. The van der Waals surface area contributed by atoms with Crippen molar-refractivity contribution in [2.75, 3.05) is 0 Å². The van der Waals surface area contributed by atoms with E-state index in [1.165, 1.54) is 19.3 Å². The Bertz CT molecular complexity index is 249. The number of hydrogen-bond donors (Lipinski definition) is 0. The maximum atomic E-state index is 5.50. The molecule has 0 radical (unpaired) electrons. The molecule has 0 bridgehead atoms. The van der Waals surface area contributed by atoms with Crippen LogP contribution in [0.2, 0.25) is 12.1 Å². The minimum Gasteiger partial charge on any atom is -0.130 e. The molecular weight excluding hydrogens is 863 g/mol. The molecule has 0 atom stereocenters. The van der Waals surface area contributed by atoms with E-state index >= 15 is 0 Å². The van der Waals surface area contributed by atoms with Crippen LogP contribution in [0.4, 0.5) is 0 Å². The van der Waals surface area contributed by atoms with Crippen molar-refractivity contribution in [1.82, 2.24) is 0 Å². The van der Waals surface area contributed by atoms with Gasteiger partial charge in [0.15, 0.2) is 0 Å². The average Bonchev–Trinajstić information content (AvgIpc) is 2.46. The molecule has 0 aliphatic rings. The van der Waals surface area contributed by atoms with Gasteiger partial charge in [-0.05, 0) is 18.5 Å². The molecule has 0 saturated carbocycles. The fourth-order valence-corrected chi connectivity index (χ4v) is 5.31. The second kappa shape index (κ2) is 66.2. The monoisotopic (exact) mass is 921 g/mol. The van der Waals surface area contributed by atoms with Gasteiger partial charge in [-0.2, -0.15) is 0 Å². The molecule has 0 aromatic heterocycles. The van der Waals surface area contributed by atoms with Crippen LogP contribution in [0.15, 0.2) is 12.7 Å². The van der Waals surface area contributed by atoms with Crippen molar-refractivity contribution in [3.63, 3.8) is 0 Å². The Balaban J connectivity index is -0.0000000151. The quantitative estimate of drug-likeness (QED) is 0.136. The fraction of sp³-hybridized carbons (Fsp3) is 0.909. The van der Waals surface area contributed by atoms with Crippen LogP contribution in [-0.2, 0) is 21.1 Å². The largest absolute Gasteiger partial charge is 0.341 e. The number of unbranched alkanes of at least 4 members (excludes halogenated alkanes) is 2. The van der Waals surface area contributed by atoms with Crippen molar-refractivity contribution in [2.24, 2.45) is 0 Å². The van der Waals surface area contributed by atoms with E-state index in [1.54, 1.807) is 0 Å². The second-order valence-corrected chi connectivity index (χ2v) is 30.0. The van der Waals surface area contributed by atoms with Gasteiger partial charge in [0, 0.05) is 21.1 Å². The molecule has 0 unspecified atom stereocenters. The average molecular weight is 926 g/mol. The predicted octanol–water partition coefficient (Wildman–Crippen LogP) is 15.8. The van der Waals surface area contributed by atoms with Gasteiger partial charge in [0.05, 0.1) is 0 Å². The van der Waals surface area contributed by atoms with Crippen LogP contribution < -0.4 is 0 Å². The van der Waals surface area contributed by atoms with Crippen LogP contribution in [-0.4, -0.2) is 18.7 Å². The predicted molar refractivity (Wildman–Crippen MR) is 194 cm³/mol. The number of allylic oxidation sites excluding steroid dienone is 1. The minimum absolute atomic E-state index is 0. The van der Waals surface area contributed by atoms with E-state index in [2.05, 4.69) is 27.4 Å². The first-order valence-electron chi connectivity index (χ1n) is 8.85. The zero-order chi connectivity index (χ0) is 22.9. The molecule has 13 heteroatoms. The standard InChI is InChI=1S/C5H10.C4H10.2C3H7Cl3Si.7CH4.Cl3HSi.Pt/c1-3-5-4-2;1-3-4-2;2*1-2-3-7(4,5)6;;;;;;;;1-4(2)3;/h3H,1,4-5H2,2H3;3-4H2,1-2H3;2*2-3H2,1H3;7*1H4;4H;. The van der Waals surface area contributed by atoms with Crippen molar-refractivity contribution in [1.29, 1.82) is 0 Å². The van der Waals surface area contributed by atoms with Crippen LogP contribution in [0, 0.1) is 0 Å². The van der Waals surface area contributed by atoms with Gasteiger partial charge in [0.25, 0.3) is 0 Å². The van der Waals surface area contributed by atoms with E-state index in [4.69, 9.17) is 99.7 Å². The SMILES string of the molecule is C.C.C.C.C.C.C.C=CCCC.CCCC.CCC[Si](Cl)(Cl)Cl.CCC[Si](Cl)(Cl)Cl.Cl[SiH](Cl)Cl.[Pt]. The number of halogens is 9. The molecule has 0 aliphatic heterocycles. The van der Waals surface area contributed by atoms with Crippen LogP contribution in [0.3, 0.4) is 0 Å². The van der Waals surface area contributed by atoms with E-state index in [0.29, 0.717) is 0 Å². The molecule has 0 rings (SSSR count). The minimum atomic E-state index is -2.24. The van der Waals surface area contributed by atoms with Gasteiger partial charge in [-0.1, -0.05) is 125 Å². The van der Waals surface area contributed by atoms with Gasteiger partial charge in [-0.15, -0.1) is 106 Å². The molecular formula is C22H63Cl9PtSi3. The number of rotatable bonds is 7. The molecule has 0 aromatic rings. The summed E-state index contributed by atoms with van der Waals surface area (Å²) in [7, 11) is 0. The topological polar surface area (TPSA) is 0 Å². The summed E-state index contributed by atoms with van der Waals surface area (Å²) >= 11 is 47.9. The molecule has 0 aromatic carbocycles. The first-order chi connectivity index (χ1) is 12.2. The molecule has 0 spiro atoms. The summed E-state index contributed by atoms with van der Waals surface area (Å²) < 4.78 is 0. The molecule has 0 heterocycles. The van der Waals surface area contributed by atoms with Gasteiger partial charge >= 0.3 is 18.7 Å². The van der Waals surface area contributed by atoms with Crippen LogP contribution in [0.25, 0.3) is 0 Å². The van der Waals surface area contributed by atoms with E-state index in [0.717, 1.165) is 31.4 Å². The molecule has 0 amide bonds. The van der Waals surface area contributed by atoms with Crippen molar-refractivity contribution in [2.45, 2.75) is 137 Å². The molecule has 0 fully saturated rings. The zero-order valence-corrected chi connectivity index (χ0v) is 29.5. The Kier molecular flexibility index (Phi) is 157. The first-order valence-corrected chi connectivity index (χ1v) is 24.6. The van der Waals surface area contributed by atoms with E-state index < -0.39 is 18.7 Å². The van der Waals surface area contributed by atoms with Crippen molar-refractivity contribution in [3.05, 3.63) is 12.7 Å². The Morgan fingerprint density at radius 2 is 0.743 bits per heavy atom. The third-order valence-corrected chi connectivity index (χ3v) is 7.60. The van der Waals surface area contributed by atoms with Crippen LogP contribution in [0.5, 0.6) is 0 Å². The van der Waals surface area contributed by atoms with Gasteiger partial charge in [0.1, 0.15) is 0 Å². The van der Waals surface area contributed by atoms with Gasteiger partial charge in [-0.25, -0.2) is 0 Å². The van der Waals surface area contributed by atoms with Crippen molar-refractivity contribution < 1.29 is 21.1 Å². The zero-order valence-electron chi connectivity index (χ0n) is 17.2. The molecule has 0 nitrogen and oxygen atoms in total. The van der Waals surface area contributed by atoms with E-state index in [-0.39, 0.29) is 73.1 Å². The summed E-state index contributed by atoms with van der Waals surface area (Å²) in [5.74, 6) is 0. The Labute approximate surface area is 286 Å². The van der Waals surface area contributed by atoms with Crippen LogP contribution >= 0.6 is 99.7 Å². The summed E-state index contributed by atoms with van der Waals surface area (Å²) in [4.78, 5) is 0. The third kappa shape index (κ3) is 222. The molecule has 0 aliphatic carbocycles. The maximum Gasteiger partial charge on any atom is 0.341 e. The smallest absolute Gasteiger partial charge is 0.130 e. The molecule has 236 valence electrons. The Morgan fingerprint density at radius 3 is 0.743 bits per heavy atom. The summed E-state index contributed by atoms with van der Waals surface area (Å²) in [6, 6.07) is -2.93. The first kappa shape index (κ1) is 83.3. The third-order valence-electron chi connectivity index (χ3n) is 2.06. The number of hydrogen-bond acceptors (Lipinski definition) is 0. The summed E-state index contributed by atoms with van der Waals surface area (Å²) in [6.07, 6.45) is 8.90. The molecule has 0 saturated heterocycles. The Hall–Kier alpha value is 3.69. The summed E-state index contributed by atoms with van der Waals surface area (Å²) in [6.45, 7) is 12.3. The maximum absolute atomic E-state index is 5.50. The van der Waals surface area contributed by atoms with Gasteiger partial charge < -0.3 is 0 Å². The van der Waals surface area contributed by atoms with Crippen molar-refractivity contribution in [3.8, 4) is 0 Å². The van der Waals surface area contributed by atoms with E-state index in [9.17, 15) is 0 Å². The van der Waals surface area contributed by atoms with Crippen LogP contribution in [0.1, 0.15) is 125 Å². The fourth-order valence-electron chi connectivity index (χ4n) is 0.771. The van der Waals surface area contributed by atoms with Gasteiger partial charge in [-0.3, -0.25) is 0 Å². The summed E-state index contributed by atoms with van der Waals surface area (Å²) in [5.41, 5.74) is 0. The second-order valence-electron chi connectivity index (χ2n) is 5.06. The van der Waals surface area contributed by atoms with Gasteiger partial charge in [0.2, 0.25) is 0 Å². The van der Waals surface area contributed by atoms with E-state index in [1.807, 2.05) is 19.9 Å².